The summed E-state index contributed by atoms with van der Waals surface area (Å²) < 4.78 is 17.8. The zero-order valence-electron chi connectivity index (χ0n) is 20.4. The highest BCUT2D eigenvalue weighted by Gasteiger charge is 2.30. The van der Waals surface area contributed by atoms with Crippen LogP contribution in [0.5, 0.6) is 34.6 Å². The maximum Gasteiger partial charge on any atom is 0.265 e. The van der Waals surface area contributed by atoms with Crippen LogP contribution in [-0.2, 0) is 11.2 Å². The average molecular weight is 520 g/mol. The molecular weight excluding hydrogens is 494 g/mol. The van der Waals surface area contributed by atoms with Crippen molar-refractivity contribution in [3.63, 3.8) is 0 Å². The number of amides is 1. The Morgan fingerprint density at radius 1 is 1.13 bits per heavy atom. The first-order chi connectivity index (χ1) is 18.4. The van der Waals surface area contributed by atoms with Crippen molar-refractivity contribution in [2.24, 2.45) is 0 Å². The number of methoxy groups -OCH3 is 1. The number of nitrogens with zero attached hydrogens (tertiary/aromatic N) is 2. The monoisotopic (exact) mass is 519 g/mol. The number of pyridine rings is 1. The molecule has 2 aromatic heterocycles. The van der Waals surface area contributed by atoms with Crippen LogP contribution in [0.1, 0.15) is 29.0 Å². The summed E-state index contributed by atoms with van der Waals surface area (Å²) in [5, 5.41) is 32.8. The van der Waals surface area contributed by atoms with Crippen LogP contribution in [0.4, 0.5) is 0 Å². The van der Waals surface area contributed by atoms with E-state index in [0.717, 1.165) is 0 Å². The topological polar surface area (TPSA) is 152 Å². The average Bonchev–Trinajstić information content (AvgIpc) is 3.38. The van der Waals surface area contributed by atoms with Gasteiger partial charge in [0.15, 0.2) is 23.0 Å². The van der Waals surface area contributed by atoms with Crippen LogP contribution in [-0.4, -0.2) is 51.1 Å². The highest BCUT2D eigenvalue weighted by atomic mass is 16.7. The molecule has 38 heavy (non-hydrogen) atoms. The third kappa shape index (κ3) is 4.73. The molecule has 0 spiro atoms. The number of phenolic OH excluding ortho intramolecular Hbond substituents is 2. The van der Waals surface area contributed by atoms with Gasteiger partial charge in [-0.25, -0.2) is 0 Å². The van der Waals surface area contributed by atoms with Crippen molar-refractivity contribution >= 4 is 11.6 Å². The van der Waals surface area contributed by atoms with E-state index in [1.807, 2.05) is 0 Å². The fraction of sp³-hybridized carbons (Fsp3) is 0.222. The van der Waals surface area contributed by atoms with E-state index in [1.54, 1.807) is 36.4 Å². The van der Waals surface area contributed by atoms with Gasteiger partial charge in [0, 0.05) is 25.1 Å². The van der Waals surface area contributed by atoms with Gasteiger partial charge in [-0.3, -0.25) is 14.0 Å². The van der Waals surface area contributed by atoms with Gasteiger partial charge in [0.1, 0.15) is 5.65 Å². The van der Waals surface area contributed by atoms with Crippen molar-refractivity contribution in [2.75, 3.05) is 20.4 Å². The number of nitrogens with one attached hydrogen (secondary N) is 1. The second-order valence-electron chi connectivity index (χ2n) is 8.72. The van der Waals surface area contributed by atoms with Crippen LogP contribution in [0.25, 0.3) is 5.65 Å². The van der Waals surface area contributed by atoms with Crippen LogP contribution in [0.2, 0.25) is 0 Å². The van der Waals surface area contributed by atoms with Crippen molar-refractivity contribution in [3.8, 4) is 34.6 Å². The number of phenols is 2. The summed E-state index contributed by atoms with van der Waals surface area (Å²) >= 11 is 0. The molecule has 2 aromatic carbocycles. The fourth-order valence-electron chi connectivity index (χ4n) is 4.46. The van der Waals surface area contributed by atoms with Crippen molar-refractivity contribution in [1.82, 2.24) is 14.7 Å². The van der Waals surface area contributed by atoms with E-state index >= 15 is 0 Å². The summed E-state index contributed by atoms with van der Waals surface area (Å²) in [4.78, 5) is 30.8. The summed E-state index contributed by atoms with van der Waals surface area (Å²) in [7, 11) is 1.47. The van der Waals surface area contributed by atoms with E-state index < -0.39 is 17.4 Å². The Hall–Kier alpha value is -4.93. The van der Waals surface area contributed by atoms with Gasteiger partial charge in [-0.2, -0.15) is 4.98 Å². The maximum atomic E-state index is 13.5. The van der Waals surface area contributed by atoms with E-state index in [0.29, 0.717) is 34.8 Å². The number of hydrogen-bond acceptors (Lipinski definition) is 9. The molecular formula is C27H25N3O8. The summed E-state index contributed by atoms with van der Waals surface area (Å²) in [5.74, 6) is -1.06. The number of carbonyl (C=O) groups is 1. The van der Waals surface area contributed by atoms with E-state index in [9.17, 15) is 24.9 Å². The van der Waals surface area contributed by atoms with Gasteiger partial charge >= 0.3 is 0 Å². The molecule has 196 valence electrons. The van der Waals surface area contributed by atoms with Gasteiger partial charge in [0.05, 0.1) is 12.7 Å². The molecule has 0 saturated heterocycles. The molecule has 5 rings (SSSR count). The predicted molar refractivity (Wildman–Crippen MR) is 135 cm³/mol. The molecule has 0 saturated carbocycles. The first-order valence-electron chi connectivity index (χ1n) is 11.8. The Kier molecular flexibility index (Phi) is 6.65. The van der Waals surface area contributed by atoms with E-state index in [1.165, 1.54) is 29.8 Å². The summed E-state index contributed by atoms with van der Waals surface area (Å²) in [5.41, 5.74) is 0.916. The number of rotatable bonds is 8. The van der Waals surface area contributed by atoms with Crippen LogP contribution < -0.4 is 25.1 Å². The predicted octanol–water partition coefficient (Wildman–Crippen LogP) is 2.43. The zero-order valence-corrected chi connectivity index (χ0v) is 20.4. The van der Waals surface area contributed by atoms with Crippen LogP contribution >= 0.6 is 0 Å². The summed E-state index contributed by atoms with van der Waals surface area (Å²) in [6.45, 7) is 0.236. The minimum Gasteiger partial charge on any atom is -0.504 e. The molecule has 0 aliphatic carbocycles. The van der Waals surface area contributed by atoms with Crippen LogP contribution in [0.15, 0.2) is 59.5 Å². The zero-order chi connectivity index (χ0) is 26.8. The third-order valence-corrected chi connectivity index (χ3v) is 6.35. The molecule has 3 heterocycles. The third-order valence-electron chi connectivity index (χ3n) is 6.35. The lowest BCUT2D eigenvalue weighted by Crippen LogP contribution is -2.30. The Labute approximate surface area is 216 Å². The number of carbonyl (C=O) groups excluding carboxylic acids is 1. The van der Waals surface area contributed by atoms with Crippen molar-refractivity contribution in [3.05, 3.63) is 81.8 Å². The van der Waals surface area contributed by atoms with Crippen LogP contribution in [0, 0.1) is 0 Å². The molecule has 0 unspecified atom stereocenters. The van der Waals surface area contributed by atoms with Crippen molar-refractivity contribution in [2.45, 2.75) is 18.8 Å². The molecule has 0 fully saturated rings. The normalized spacial score (nSPS) is 12.9. The highest BCUT2D eigenvalue weighted by Crippen LogP contribution is 2.45. The van der Waals surface area contributed by atoms with E-state index in [2.05, 4.69) is 10.3 Å². The smallest absolute Gasteiger partial charge is 0.265 e. The number of aromatic nitrogens is 2. The second-order valence-corrected chi connectivity index (χ2v) is 8.72. The van der Waals surface area contributed by atoms with E-state index in [4.69, 9.17) is 14.2 Å². The SMILES string of the molecule is COc1cc([C@H](CC(=O)NCCc2ccc(O)c(O)c2)c2c(O)nc3ccccn3c2=O)cc2c1OCO2. The standard InChI is InChI=1S/C27H25N3O8/c1-36-20-11-16(12-21-25(20)38-14-37-21)17(24-26(34)29-22-4-2-3-9-30(22)27(24)35)13-23(33)28-8-7-15-5-6-18(31)19(32)10-15/h2-6,9-12,17,31-32,34H,7-8,13-14H2,1H3,(H,28,33)/t17-/m0/s1. The van der Waals surface area contributed by atoms with Gasteiger partial charge in [-0.1, -0.05) is 12.1 Å². The first-order valence-corrected chi connectivity index (χ1v) is 11.8. The second kappa shape index (κ2) is 10.2. The summed E-state index contributed by atoms with van der Waals surface area (Å²) in [6, 6.07) is 12.7. The lowest BCUT2D eigenvalue weighted by molar-refractivity contribution is -0.121. The lowest BCUT2D eigenvalue weighted by atomic mass is 9.88. The minimum absolute atomic E-state index is 0.00144. The lowest BCUT2D eigenvalue weighted by Gasteiger charge is -2.20. The molecule has 11 heteroatoms. The van der Waals surface area contributed by atoms with Crippen LogP contribution in [0.3, 0.4) is 0 Å². The Balaban J connectivity index is 1.48. The molecule has 0 bridgehead atoms. The molecule has 1 aliphatic rings. The van der Waals surface area contributed by atoms with Gasteiger partial charge in [-0.15, -0.1) is 0 Å². The maximum absolute atomic E-state index is 13.5. The summed E-state index contributed by atoms with van der Waals surface area (Å²) in [6.07, 6.45) is 1.75. The number of benzene rings is 2. The van der Waals surface area contributed by atoms with Crippen molar-refractivity contribution in [1.29, 1.82) is 0 Å². The van der Waals surface area contributed by atoms with E-state index in [-0.39, 0.29) is 48.4 Å². The molecule has 1 aliphatic heterocycles. The highest BCUT2D eigenvalue weighted by molar-refractivity contribution is 5.78. The molecule has 11 nitrogen and oxygen atoms in total. The molecule has 0 radical (unpaired) electrons. The quantitative estimate of drug-likeness (QED) is 0.257. The number of ether oxygens (including phenoxy) is 3. The van der Waals surface area contributed by atoms with Gasteiger partial charge in [0.2, 0.25) is 24.3 Å². The minimum atomic E-state index is -0.895. The van der Waals surface area contributed by atoms with Gasteiger partial charge < -0.3 is 34.8 Å². The Morgan fingerprint density at radius 2 is 1.97 bits per heavy atom. The number of fused-ring (bicyclic) bond motifs is 2. The molecule has 1 amide bonds. The Morgan fingerprint density at radius 3 is 2.76 bits per heavy atom. The Bertz CT molecular complexity index is 1580. The first kappa shape index (κ1) is 24.8. The molecule has 4 aromatic rings. The van der Waals surface area contributed by atoms with Crippen molar-refractivity contribution < 1.29 is 34.3 Å². The van der Waals surface area contributed by atoms with Gasteiger partial charge in [-0.05, 0) is 53.9 Å². The number of aromatic hydroxyl groups is 3. The number of hydrogen-bond donors (Lipinski definition) is 4. The van der Waals surface area contributed by atoms with Gasteiger partial charge in [0.25, 0.3) is 5.56 Å². The molecule has 4 N–H and O–H groups in total. The molecule has 1 atom stereocenters. The largest absolute Gasteiger partial charge is 0.504 e. The fourth-order valence-corrected chi connectivity index (χ4v) is 4.46.